The zero-order chi connectivity index (χ0) is 10.5. The van der Waals surface area contributed by atoms with E-state index in [4.69, 9.17) is 0 Å². The number of nitrogens with zero attached hydrogens (tertiary/aromatic N) is 4. The van der Waals surface area contributed by atoms with Crippen LogP contribution in [0.1, 0.15) is 0 Å². The maximum absolute atomic E-state index is 11.7. The summed E-state index contributed by atoms with van der Waals surface area (Å²) in [7, 11) is 4.77. The van der Waals surface area contributed by atoms with Crippen LogP contribution in [0.3, 0.4) is 0 Å². The third-order valence-corrected chi connectivity index (χ3v) is 2.32. The first-order valence-corrected chi connectivity index (χ1v) is 4.11. The first-order valence-electron chi connectivity index (χ1n) is 4.11. The normalized spacial score (nSPS) is 9.12. The van der Waals surface area contributed by atoms with Gasteiger partial charge in [0.1, 0.15) is 0 Å². The fourth-order valence-electron chi connectivity index (χ4n) is 1.47. The predicted molar refractivity (Wildman–Crippen MR) is 57.0 cm³/mol. The number of fused-ring (bicyclic) bond motifs is 1. The second kappa shape index (κ2) is 6.80. The topological polar surface area (TPSA) is 61.8 Å². The van der Waals surface area contributed by atoms with E-state index < -0.39 is 0 Å². The summed E-state index contributed by atoms with van der Waals surface area (Å²) in [5.41, 5.74) is 0.180. The molecule has 9 heteroatoms. The van der Waals surface area contributed by atoms with Crippen molar-refractivity contribution in [1.82, 2.24) is 18.7 Å². The largest absolute Gasteiger partial charge is 2.00 e. The van der Waals surface area contributed by atoms with Gasteiger partial charge >= 0.3 is 43.4 Å². The molecule has 2 rings (SSSR count). The Morgan fingerprint density at radius 2 is 1.59 bits per heavy atom. The quantitative estimate of drug-likeness (QED) is 0.454. The van der Waals surface area contributed by atoms with Crippen LogP contribution in [0.25, 0.3) is 11.2 Å². The number of hydrogen-bond acceptors (Lipinski definition) is 3. The molecule has 0 aliphatic heterocycles. The second-order valence-corrected chi connectivity index (χ2v) is 3.23. The molecule has 0 saturated heterocycles. The molecule has 0 aliphatic rings. The molecule has 2 aromatic heterocycles. The SMILES string of the molecule is Cn1c(=O)c2c(ncn2C)n(C)c1=O.[Ca+2].[Cl-].[Cl-]. The number of halogens is 2. The maximum Gasteiger partial charge on any atom is 2.00 e. The maximum atomic E-state index is 11.7. The van der Waals surface area contributed by atoms with E-state index in [1.807, 2.05) is 0 Å². The number of rotatable bonds is 0. The average Bonchev–Trinajstić information content (AvgIpc) is 2.54. The number of aryl methyl sites for hydroxylation is 2. The molecule has 0 spiro atoms. The molecule has 0 bridgehead atoms. The van der Waals surface area contributed by atoms with Crippen LogP contribution in [-0.4, -0.2) is 56.4 Å². The Kier molecular flexibility index (Phi) is 7.73. The molecule has 6 nitrogen and oxygen atoms in total. The molecule has 0 aromatic carbocycles. The number of hydrogen-bond donors (Lipinski definition) is 0. The number of imidazole rings is 1. The van der Waals surface area contributed by atoms with Crippen LogP contribution in [0.5, 0.6) is 0 Å². The van der Waals surface area contributed by atoms with E-state index >= 15 is 0 Å². The van der Waals surface area contributed by atoms with E-state index in [1.165, 1.54) is 17.9 Å². The summed E-state index contributed by atoms with van der Waals surface area (Å²) in [5, 5.41) is 0. The van der Waals surface area contributed by atoms with Crippen molar-refractivity contribution in [2.45, 2.75) is 0 Å². The summed E-state index contributed by atoms with van der Waals surface area (Å²) in [6.07, 6.45) is 1.52. The van der Waals surface area contributed by atoms with Crippen molar-refractivity contribution < 1.29 is 24.8 Å². The van der Waals surface area contributed by atoms with E-state index in [1.54, 1.807) is 18.7 Å². The summed E-state index contributed by atoms with van der Waals surface area (Å²) in [5.74, 6) is 0. The molecule has 2 heterocycles. The van der Waals surface area contributed by atoms with Crippen LogP contribution in [0.4, 0.5) is 0 Å². The van der Waals surface area contributed by atoms with E-state index in [0.29, 0.717) is 11.2 Å². The molecule has 17 heavy (non-hydrogen) atoms. The van der Waals surface area contributed by atoms with Crippen molar-refractivity contribution in [3.63, 3.8) is 0 Å². The van der Waals surface area contributed by atoms with Gasteiger partial charge in [-0.2, -0.15) is 0 Å². The Balaban J connectivity index is 0. The van der Waals surface area contributed by atoms with Crippen LogP contribution in [0, 0.1) is 0 Å². The van der Waals surface area contributed by atoms with E-state index in [2.05, 4.69) is 4.98 Å². The van der Waals surface area contributed by atoms with Gasteiger partial charge in [0, 0.05) is 21.1 Å². The fourth-order valence-corrected chi connectivity index (χ4v) is 1.47. The summed E-state index contributed by atoms with van der Waals surface area (Å²) >= 11 is 0. The molecule has 0 unspecified atom stereocenters. The van der Waals surface area contributed by atoms with Gasteiger partial charge in [0.05, 0.1) is 6.33 Å². The fraction of sp³-hybridized carbons (Fsp3) is 0.375. The van der Waals surface area contributed by atoms with Gasteiger partial charge in [-0.25, -0.2) is 9.78 Å². The van der Waals surface area contributed by atoms with E-state index in [9.17, 15) is 9.59 Å². The third-order valence-electron chi connectivity index (χ3n) is 2.32. The van der Waals surface area contributed by atoms with Gasteiger partial charge in [0.25, 0.3) is 5.56 Å². The predicted octanol–water partition coefficient (Wildman–Crippen LogP) is -7.40. The average molecular weight is 305 g/mol. The molecule has 0 fully saturated rings. The van der Waals surface area contributed by atoms with Crippen molar-refractivity contribution in [1.29, 1.82) is 0 Å². The molecule has 2 aromatic rings. The van der Waals surface area contributed by atoms with Crippen molar-refractivity contribution in [3.05, 3.63) is 27.2 Å². The molecule has 90 valence electrons. The van der Waals surface area contributed by atoms with Gasteiger partial charge in [-0.3, -0.25) is 13.9 Å². The minimum Gasteiger partial charge on any atom is -1.00 e. The first kappa shape index (κ1) is 19.3. The minimum atomic E-state index is -0.360. The summed E-state index contributed by atoms with van der Waals surface area (Å²) in [4.78, 5) is 27.2. The Bertz CT molecular complexity index is 631. The zero-order valence-electron chi connectivity index (χ0n) is 9.65. The monoisotopic (exact) mass is 304 g/mol. The van der Waals surface area contributed by atoms with Gasteiger partial charge in [-0.15, -0.1) is 0 Å². The minimum absolute atomic E-state index is 0. The Morgan fingerprint density at radius 1 is 1.06 bits per heavy atom. The molecule has 0 radical (unpaired) electrons. The van der Waals surface area contributed by atoms with Crippen LogP contribution in [0.15, 0.2) is 15.9 Å². The molecule has 0 aliphatic carbocycles. The van der Waals surface area contributed by atoms with E-state index in [0.717, 1.165) is 4.57 Å². The van der Waals surface area contributed by atoms with Crippen molar-refractivity contribution in [3.8, 4) is 0 Å². The molecule has 0 N–H and O–H groups in total. The molecular formula is C8H10CaCl2N4O2. The summed E-state index contributed by atoms with van der Waals surface area (Å²) in [6.45, 7) is 0. The van der Waals surface area contributed by atoms with Crippen molar-refractivity contribution in [2.24, 2.45) is 21.1 Å². The van der Waals surface area contributed by atoms with Gasteiger partial charge in [0.2, 0.25) is 0 Å². The Hall–Kier alpha value is -0.0103. The van der Waals surface area contributed by atoms with Gasteiger partial charge in [-0.1, -0.05) is 0 Å². The Morgan fingerprint density at radius 3 is 2.12 bits per heavy atom. The Labute approximate surface area is 139 Å². The third kappa shape index (κ3) is 2.88. The van der Waals surface area contributed by atoms with Crippen LogP contribution in [0.2, 0.25) is 0 Å². The number of aromatic nitrogens is 4. The van der Waals surface area contributed by atoms with Crippen LogP contribution in [-0.2, 0) is 21.1 Å². The summed E-state index contributed by atoms with van der Waals surface area (Å²) in [6, 6.07) is 0. The smallest absolute Gasteiger partial charge is 1.00 e. The molecule has 0 saturated carbocycles. The second-order valence-electron chi connectivity index (χ2n) is 3.23. The van der Waals surface area contributed by atoms with Crippen LogP contribution < -0.4 is 36.1 Å². The molecule has 0 atom stereocenters. The molecule has 0 amide bonds. The van der Waals surface area contributed by atoms with E-state index in [-0.39, 0.29) is 73.8 Å². The standard InChI is InChI=1S/C8H10N4O2.Ca.2ClH/c1-10-4-9-6-5(10)7(13)12(3)8(14)11(6)2;;;/h4H,1-3H3;;2*1H/q;+2;;/p-2. The summed E-state index contributed by atoms with van der Waals surface area (Å²) < 4.78 is 4.04. The van der Waals surface area contributed by atoms with Gasteiger partial charge in [-0.05, 0) is 0 Å². The van der Waals surface area contributed by atoms with Gasteiger partial charge < -0.3 is 29.4 Å². The first-order chi connectivity index (χ1) is 6.54. The van der Waals surface area contributed by atoms with Crippen molar-refractivity contribution in [2.75, 3.05) is 0 Å². The van der Waals surface area contributed by atoms with Crippen LogP contribution >= 0.6 is 0 Å². The van der Waals surface area contributed by atoms with Gasteiger partial charge in [0.15, 0.2) is 11.2 Å². The zero-order valence-corrected chi connectivity index (χ0v) is 13.4. The molecular weight excluding hydrogens is 295 g/mol. The van der Waals surface area contributed by atoms with Crippen molar-refractivity contribution >= 4 is 48.9 Å².